The number of carbonyl (C=O) groups is 1. The highest BCUT2D eigenvalue weighted by molar-refractivity contribution is 7.16. The maximum absolute atomic E-state index is 12.5. The lowest BCUT2D eigenvalue weighted by atomic mass is 10.1. The molecule has 1 amide bonds. The van der Waals surface area contributed by atoms with Crippen molar-refractivity contribution in [1.29, 1.82) is 5.26 Å². The molecule has 0 saturated heterocycles. The number of thiophene rings is 1. The normalized spacial score (nSPS) is 13.5. The molecule has 0 saturated carbocycles. The average molecular weight is 398 g/mol. The summed E-state index contributed by atoms with van der Waals surface area (Å²) in [5, 5.41) is 13.3. The van der Waals surface area contributed by atoms with E-state index in [4.69, 9.17) is 4.74 Å². The molecule has 2 aromatic rings. The number of rotatable bonds is 7. The van der Waals surface area contributed by atoms with Gasteiger partial charge in [-0.2, -0.15) is 5.26 Å². The van der Waals surface area contributed by atoms with Crippen molar-refractivity contribution < 1.29 is 9.53 Å². The third-order valence-corrected chi connectivity index (χ3v) is 6.09. The number of amides is 1. The van der Waals surface area contributed by atoms with Crippen LogP contribution in [0.3, 0.4) is 0 Å². The van der Waals surface area contributed by atoms with E-state index >= 15 is 0 Å². The highest BCUT2D eigenvalue weighted by atomic mass is 32.1. The molecule has 1 aromatic heterocycles. The Kier molecular flexibility index (Phi) is 7.07. The smallest absolute Gasteiger partial charge is 0.239 e. The summed E-state index contributed by atoms with van der Waals surface area (Å²) in [5.74, 6) is 0.773. The van der Waals surface area contributed by atoms with Crippen LogP contribution >= 0.6 is 11.3 Å². The monoisotopic (exact) mass is 397 g/mol. The lowest BCUT2D eigenvalue weighted by molar-refractivity contribution is -0.117. The minimum Gasteiger partial charge on any atom is -0.494 e. The molecule has 0 radical (unpaired) electrons. The van der Waals surface area contributed by atoms with Gasteiger partial charge < -0.3 is 10.1 Å². The molecule has 1 N–H and O–H groups in total. The Hall–Kier alpha value is -2.36. The first kappa shape index (κ1) is 20.4. The second kappa shape index (κ2) is 9.72. The Morgan fingerprint density at radius 3 is 2.71 bits per heavy atom. The molecule has 148 valence electrons. The van der Waals surface area contributed by atoms with Crippen LogP contribution in [-0.2, 0) is 24.2 Å². The zero-order chi connectivity index (χ0) is 19.9. The molecule has 1 heterocycles. The number of nitrogens with zero attached hydrogens (tertiary/aromatic N) is 2. The van der Waals surface area contributed by atoms with Crippen molar-refractivity contribution in [3.8, 4) is 11.8 Å². The van der Waals surface area contributed by atoms with E-state index in [0.29, 0.717) is 23.7 Å². The van der Waals surface area contributed by atoms with Crippen molar-refractivity contribution >= 4 is 22.2 Å². The van der Waals surface area contributed by atoms with Crippen LogP contribution in [0.1, 0.15) is 47.8 Å². The van der Waals surface area contributed by atoms with Crippen LogP contribution in [0.25, 0.3) is 0 Å². The number of benzene rings is 1. The van der Waals surface area contributed by atoms with Crippen LogP contribution in [0.4, 0.5) is 5.00 Å². The Morgan fingerprint density at radius 1 is 1.25 bits per heavy atom. The van der Waals surface area contributed by atoms with E-state index in [9.17, 15) is 10.1 Å². The molecule has 0 bridgehead atoms. The molecule has 0 unspecified atom stereocenters. The molecular weight excluding hydrogens is 370 g/mol. The molecule has 0 atom stereocenters. The molecule has 1 aliphatic rings. The number of carbonyl (C=O) groups excluding carboxylic acids is 1. The number of hydrogen-bond acceptors (Lipinski definition) is 5. The zero-order valence-corrected chi connectivity index (χ0v) is 17.4. The number of nitrogens with one attached hydrogen (secondary N) is 1. The van der Waals surface area contributed by atoms with Gasteiger partial charge in [-0.15, -0.1) is 11.3 Å². The third-order valence-electron chi connectivity index (χ3n) is 4.89. The summed E-state index contributed by atoms with van der Waals surface area (Å²) in [4.78, 5) is 15.8. The van der Waals surface area contributed by atoms with Gasteiger partial charge in [-0.3, -0.25) is 9.69 Å². The van der Waals surface area contributed by atoms with Gasteiger partial charge in [0.05, 0.1) is 18.7 Å². The Balaban J connectivity index is 1.58. The second-order valence-corrected chi connectivity index (χ2v) is 8.28. The number of anilines is 1. The molecule has 5 nitrogen and oxygen atoms in total. The van der Waals surface area contributed by atoms with Crippen LogP contribution in [0.15, 0.2) is 24.3 Å². The average Bonchev–Trinajstić information content (AvgIpc) is 2.83. The van der Waals surface area contributed by atoms with Crippen molar-refractivity contribution in [2.75, 3.05) is 25.5 Å². The molecule has 6 heteroatoms. The SMILES string of the molecule is CCOc1ccc(CN(C)CC(=O)Nc2sc3c(c2C#N)CCCCC3)cc1. The van der Waals surface area contributed by atoms with E-state index in [-0.39, 0.29) is 12.5 Å². The van der Waals surface area contributed by atoms with Crippen molar-refractivity contribution in [2.24, 2.45) is 0 Å². The summed E-state index contributed by atoms with van der Waals surface area (Å²) in [6.07, 6.45) is 5.46. The number of hydrogen-bond donors (Lipinski definition) is 1. The number of likely N-dealkylation sites (N-methyl/N-ethyl adjacent to an activating group) is 1. The Bertz CT molecular complexity index is 852. The highest BCUT2D eigenvalue weighted by Gasteiger charge is 2.21. The maximum atomic E-state index is 12.5. The van der Waals surface area contributed by atoms with E-state index in [1.165, 1.54) is 11.3 Å². The highest BCUT2D eigenvalue weighted by Crippen LogP contribution is 2.36. The summed E-state index contributed by atoms with van der Waals surface area (Å²) in [5.41, 5.74) is 2.95. The van der Waals surface area contributed by atoms with Gasteiger partial charge in [0.15, 0.2) is 0 Å². The maximum Gasteiger partial charge on any atom is 0.239 e. The molecule has 0 spiro atoms. The molecule has 0 aliphatic heterocycles. The summed E-state index contributed by atoms with van der Waals surface area (Å²) in [6, 6.07) is 10.2. The van der Waals surface area contributed by atoms with E-state index < -0.39 is 0 Å². The first-order chi connectivity index (χ1) is 13.6. The quantitative estimate of drug-likeness (QED) is 0.705. The fourth-order valence-corrected chi connectivity index (χ4v) is 4.84. The lowest BCUT2D eigenvalue weighted by Gasteiger charge is -2.16. The van der Waals surface area contributed by atoms with Gasteiger partial charge in [0, 0.05) is 11.4 Å². The van der Waals surface area contributed by atoms with Crippen molar-refractivity contribution in [3.05, 3.63) is 45.8 Å². The van der Waals surface area contributed by atoms with E-state index in [0.717, 1.165) is 42.6 Å². The van der Waals surface area contributed by atoms with E-state index in [1.807, 2.05) is 43.1 Å². The van der Waals surface area contributed by atoms with Gasteiger partial charge in [0.1, 0.15) is 16.8 Å². The summed E-state index contributed by atoms with van der Waals surface area (Å²) in [6.45, 7) is 3.56. The standard InChI is InChI=1S/C22H27N3O2S/c1-3-27-17-11-9-16(10-12-17)14-25(2)15-21(26)24-22-19(13-23)18-7-5-4-6-8-20(18)28-22/h9-12H,3-8,14-15H2,1-2H3,(H,24,26). The fraction of sp³-hybridized carbons (Fsp3) is 0.455. The second-order valence-electron chi connectivity index (χ2n) is 7.18. The lowest BCUT2D eigenvalue weighted by Crippen LogP contribution is -2.29. The predicted molar refractivity (Wildman–Crippen MR) is 113 cm³/mol. The number of nitriles is 1. The topological polar surface area (TPSA) is 65.4 Å². The van der Waals surface area contributed by atoms with Gasteiger partial charge in [-0.1, -0.05) is 18.6 Å². The molecular formula is C22H27N3O2S. The summed E-state index contributed by atoms with van der Waals surface area (Å²) >= 11 is 1.58. The largest absolute Gasteiger partial charge is 0.494 e. The molecule has 1 aromatic carbocycles. The van der Waals surface area contributed by atoms with E-state index in [2.05, 4.69) is 11.4 Å². The molecule has 3 rings (SSSR count). The van der Waals surface area contributed by atoms with Gasteiger partial charge in [-0.05, 0) is 62.9 Å². The number of fused-ring (bicyclic) bond motifs is 1. The summed E-state index contributed by atoms with van der Waals surface area (Å²) in [7, 11) is 1.92. The predicted octanol–water partition coefficient (Wildman–Crippen LogP) is 4.36. The first-order valence-corrected chi connectivity index (χ1v) is 10.7. The van der Waals surface area contributed by atoms with Gasteiger partial charge in [-0.25, -0.2) is 0 Å². The van der Waals surface area contributed by atoms with Crippen LogP contribution in [0, 0.1) is 11.3 Å². The molecule has 28 heavy (non-hydrogen) atoms. The van der Waals surface area contributed by atoms with Gasteiger partial charge >= 0.3 is 0 Å². The zero-order valence-electron chi connectivity index (χ0n) is 16.6. The van der Waals surface area contributed by atoms with Crippen LogP contribution in [-0.4, -0.2) is 31.0 Å². The van der Waals surface area contributed by atoms with Crippen molar-refractivity contribution in [3.63, 3.8) is 0 Å². The summed E-state index contributed by atoms with van der Waals surface area (Å²) < 4.78 is 5.46. The third kappa shape index (κ3) is 5.12. The fourth-order valence-electron chi connectivity index (χ4n) is 3.59. The van der Waals surface area contributed by atoms with Gasteiger partial charge in [0.2, 0.25) is 5.91 Å². The Morgan fingerprint density at radius 2 is 2.00 bits per heavy atom. The van der Waals surface area contributed by atoms with Crippen molar-refractivity contribution in [1.82, 2.24) is 4.90 Å². The van der Waals surface area contributed by atoms with E-state index in [1.54, 1.807) is 11.3 Å². The Labute approximate surface area is 170 Å². The van der Waals surface area contributed by atoms with Crippen LogP contribution < -0.4 is 10.1 Å². The van der Waals surface area contributed by atoms with Crippen molar-refractivity contribution in [2.45, 2.75) is 45.6 Å². The minimum atomic E-state index is -0.0821. The first-order valence-electron chi connectivity index (χ1n) is 9.85. The number of ether oxygens (including phenoxy) is 1. The van der Waals surface area contributed by atoms with Gasteiger partial charge in [0.25, 0.3) is 0 Å². The van der Waals surface area contributed by atoms with Crippen LogP contribution in [0.2, 0.25) is 0 Å². The van der Waals surface area contributed by atoms with Crippen LogP contribution in [0.5, 0.6) is 5.75 Å². The number of aryl methyl sites for hydroxylation is 1. The molecule has 0 fully saturated rings. The molecule has 1 aliphatic carbocycles. The minimum absolute atomic E-state index is 0.0821.